The maximum absolute atomic E-state index is 12.5. The molecule has 2 unspecified atom stereocenters. The van der Waals surface area contributed by atoms with E-state index in [9.17, 15) is 19.5 Å². The molecule has 0 bridgehead atoms. The average Bonchev–Trinajstić information content (AvgIpc) is 2.46. The van der Waals surface area contributed by atoms with Crippen molar-refractivity contribution in [3.8, 4) is 0 Å². The number of carboxylic acids is 1. The second kappa shape index (κ2) is 7.44. The van der Waals surface area contributed by atoms with Crippen molar-refractivity contribution in [2.75, 3.05) is 0 Å². The fourth-order valence-corrected chi connectivity index (χ4v) is 2.25. The number of carboxylic acid groups (broad SMARTS) is 1. The number of rotatable bonds is 7. The lowest BCUT2D eigenvalue weighted by Gasteiger charge is -2.28. The number of carbonyl (C=O) groups is 2. The number of pyridine rings is 1. The molecule has 6 heteroatoms. The zero-order valence-corrected chi connectivity index (χ0v) is 14.4. The van der Waals surface area contributed by atoms with E-state index in [0.717, 1.165) is 5.56 Å². The molecule has 0 saturated carbocycles. The molecule has 23 heavy (non-hydrogen) atoms. The standard InChI is InChI=1S/C17H26N2O4/c1-6-12(3)14(15(21)22)18-16(23)17(4,5)10-19-8-7-11(2)9-13(19)20/h7-9,12,14H,6,10H2,1-5H3,(H,18,23)(H,21,22). The summed E-state index contributed by atoms with van der Waals surface area (Å²) in [4.78, 5) is 35.8. The van der Waals surface area contributed by atoms with E-state index in [2.05, 4.69) is 5.32 Å². The Bertz CT molecular complexity index is 634. The molecule has 0 aliphatic heterocycles. The largest absolute Gasteiger partial charge is 0.480 e. The first-order chi connectivity index (χ1) is 10.6. The van der Waals surface area contributed by atoms with Crippen molar-refractivity contribution in [3.63, 3.8) is 0 Å². The number of hydrogen-bond donors (Lipinski definition) is 2. The topological polar surface area (TPSA) is 88.4 Å². The van der Waals surface area contributed by atoms with Gasteiger partial charge >= 0.3 is 5.97 Å². The lowest BCUT2D eigenvalue weighted by atomic mass is 9.90. The van der Waals surface area contributed by atoms with Crippen molar-refractivity contribution in [3.05, 3.63) is 34.2 Å². The quantitative estimate of drug-likeness (QED) is 0.801. The van der Waals surface area contributed by atoms with E-state index in [1.165, 1.54) is 10.6 Å². The van der Waals surface area contributed by atoms with Crippen LogP contribution >= 0.6 is 0 Å². The van der Waals surface area contributed by atoms with Crippen LogP contribution in [-0.4, -0.2) is 27.6 Å². The molecule has 1 aromatic rings. The van der Waals surface area contributed by atoms with Gasteiger partial charge in [-0.05, 0) is 38.3 Å². The monoisotopic (exact) mass is 322 g/mol. The first-order valence-electron chi connectivity index (χ1n) is 7.79. The van der Waals surface area contributed by atoms with Gasteiger partial charge in [-0.2, -0.15) is 0 Å². The molecule has 0 aliphatic rings. The molecule has 6 nitrogen and oxygen atoms in total. The third-order valence-electron chi connectivity index (χ3n) is 4.10. The molecule has 0 fully saturated rings. The van der Waals surface area contributed by atoms with E-state index in [1.807, 2.05) is 13.8 Å². The van der Waals surface area contributed by atoms with Crippen LogP contribution in [-0.2, 0) is 16.1 Å². The molecule has 0 aliphatic carbocycles. The summed E-state index contributed by atoms with van der Waals surface area (Å²) in [7, 11) is 0. The third-order valence-corrected chi connectivity index (χ3v) is 4.10. The van der Waals surface area contributed by atoms with Gasteiger partial charge in [-0.3, -0.25) is 9.59 Å². The number of aryl methyl sites for hydroxylation is 1. The van der Waals surface area contributed by atoms with E-state index >= 15 is 0 Å². The molecule has 0 radical (unpaired) electrons. The smallest absolute Gasteiger partial charge is 0.326 e. The van der Waals surface area contributed by atoms with Crippen LogP contribution < -0.4 is 10.9 Å². The Morgan fingerprint density at radius 2 is 2.00 bits per heavy atom. The van der Waals surface area contributed by atoms with Crippen molar-refractivity contribution in [2.45, 2.75) is 53.6 Å². The van der Waals surface area contributed by atoms with E-state index < -0.39 is 17.4 Å². The molecule has 1 aromatic heterocycles. The summed E-state index contributed by atoms with van der Waals surface area (Å²) < 4.78 is 1.46. The maximum Gasteiger partial charge on any atom is 0.326 e. The summed E-state index contributed by atoms with van der Waals surface area (Å²) in [5, 5.41) is 11.9. The van der Waals surface area contributed by atoms with E-state index in [1.54, 1.807) is 33.0 Å². The van der Waals surface area contributed by atoms with Crippen LogP contribution in [0.15, 0.2) is 23.1 Å². The van der Waals surface area contributed by atoms with Crippen LogP contribution in [0, 0.1) is 18.3 Å². The van der Waals surface area contributed by atoms with Gasteiger partial charge in [0, 0.05) is 18.8 Å². The normalized spacial score (nSPS) is 14.1. The maximum atomic E-state index is 12.5. The highest BCUT2D eigenvalue weighted by Gasteiger charge is 2.33. The number of amides is 1. The minimum Gasteiger partial charge on any atom is -0.480 e. The Kier molecular flexibility index (Phi) is 6.12. The summed E-state index contributed by atoms with van der Waals surface area (Å²) in [6.45, 7) is 9.08. The first kappa shape index (κ1) is 18.9. The fourth-order valence-electron chi connectivity index (χ4n) is 2.25. The van der Waals surface area contributed by atoms with Crippen molar-refractivity contribution < 1.29 is 14.7 Å². The van der Waals surface area contributed by atoms with Gasteiger partial charge in [0.1, 0.15) is 6.04 Å². The average molecular weight is 322 g/mol. The van der Waals surface area contributed by atoms with Crippen LogP contribution in [0.25, 0.3) is 0 Å². The Labute approximate surface area is 136 Å². The van der Waals surface area contributed by atoms with E-state index in [-0.39, 0.29) is 23.9 Å². The highest BCUT2D eigenvalue weighted by atomic mass is 16.4. The molecule has 2 atom stereocenters. The molecule has 0 saturated heterocycles. The Morgan fingerprint density at radius 1 is 1.39 bits per heavy atom. The zero-order valence-electron chi connectivity index (χ0n) is 14.4. The molecule has 1 amide bonds. The summed E-state index contributed by atoms with van der Waals surface area (Å²) in [5.74, 6) is -1.59. The fraction of sp³-hybridized carbons (Fsp3) is 0.588. The van der Waals surface area contributed by atoms with Gasteiger partial charge in [0.05, 0.1) is 5.41 Å². The second-order valence-corrected chi connectivity index (χ2v) is 6.73. The number of aromatic nitrogens is 1. The van der Waals surface area contributed by atoms with Gasteiger partial charge in [0.15, 0.2) is 0 Å². The zero-order chi connectivity index (χ0) is 17.8. The van der Waals surface area contributed by atoms with Crippen molar-refractivity contribution >= 4 is 11.9 Å². The number of hydrogen-bond acceptors (Lipinski definition) is 3. The number of carbonyl (C=O) groups excluding carboxylic acids is 1. The minimum absolute atomic E-state index is 0.172. The van der Waals surface area contributed by atoms with Gasteiger partial charge < -0.3 is 15.0 Å². The van der Waals surface area contributed by atoms with Crippen LogP contribution in [0.5, 0.6) is 0 Å². The molecule has 1 rings (SSSR count). The first-order valence-corrected chi connectivity index (χ1v) is 7.79. The minimum atomic E-state index is -1.05. The molecule has 1 heterocycles. The lowest BCUT2D eigenvalue weighted by Crippen LogP contribution is -2.51. The van der Waals surface area contributed by atoms with Crippen LogP contribution in [0.4, 0.5) is 0 Å². The Hall–Kier alpha value is -2.11. The van der Waals surface area contributed by atoms with Gasteiger partial charge in [-0.15, -0.1) is 0 Å². The molecule has 128 valence electrons. The van der Waals surface area contributed by atoms with Gasteiger partial charge in [0.2, 0.25) is 5.91 Å². The summed E-state index contributed by atoms with van der Waals surface area (Å²) in [6.07, 6.45) is 2.30. The highest BCUT2D eigenvalue weighted by Crippen LogP contribution is 2.19. The van der Waals surface area contributed by atoms with Gasteiger partial charge in [0.25, 0.3) is 5.56 Å². The molecule has 0 spiro atoms. The molecular weight excluding hydrogens is 296 g/mol. The van der Waals surface area contributed by atoms with Crippen molar-refractivity contribution in [1.29, 1.82) is 0 Å². The molecular formula is C17H26N2O4. The van der Waals surface area contributed by atoms with Gasteiger partial charge in [-0.1, -0.05) is 20.3 Å². The van der Waals surface area contributed by atoms with Crippen LogP contribution in [0.3, 0.4) is 0 Å². The summed E-state index contributed by atoms with van der Waals surface area (Å²) in [6, 6.07) is 2.38. The SMILES string of the molecule is CCC(C)C(NC(=O)C(C)(C)Cn1ccc(C)cc1=O)C(=O)O. The molecule has 0 aromatic carbocycles. The van der Waals surface area contributed by atoms with Gasteiger partial charge in [-0.25, -0.2) is 4.79 Å². The lowest BCUT2D eigenvalue weighted by molar-refractivity contribution is -0.145. The molecule has 2 N–H and O–H groups in total. The second-order valence-electron chi connectivity index (χ2n) is 6.73. The van der Waals surface area contributed by atoms with E-state index in [4.69, 9.17) is 0 Å². The Balaban J connectivity index is 2.91. The summed E-state index contributed by atoms with van der Waals surface area (Å²) >= 11 is 0. The van der Waals surface area contributed by atoms with Crippen LogP contribution in [0.1, 0.15) is 39.7 Å². The summed E-state index contributed by atoms with van der Waals surface area (Å²) in [5.41, 5.74) is -0.223. The predicted molar refractivity (Wildman–Crippen MR) is 88.2 cm³/mol. The number of nitrogens with zero attached hydrogens (tertiary/aromatic N) is 1. The predicted octanol–water partition coefficient (Wildman–Crippen LogP) is 1.80. The number of aliphatic carboxylic acids is 1. The third kappa shape index (κ3) is 4.94. The highest BCUT2D eigenvalue weighted by molar-refractivity contribution is 5.87. The van der Waals surface area contributed by atoms with E-state index in [0.29, 0.717) is 6.42 Å². The Morgan fingerprint density at radius 3 is 2.48 bits per heavy atom. The number of nitrogens with one attached hydrogen (secondary N) is 1. The van der Waals surface area contributed by atoms with Crippen molar-refractivity contribution in [2.24, 2.45) is 11.3 Å². The van der Waals surface area contributed by atoms with Crippen molar-refractivity contribution in [1.82, 2.24) is 9.88 Å². The van der Waals surface area contributed by atoms with Crippen LogP contribution in [0.2, 0.25) is 0 Å².